The van der Waals surface area contributed by atoms with E-state index in [2.05, 4.69) is 0 Å². The lowest BCUT2D eigenvalue weighted by atomic mass is 10.2. The molecule has 0 spiro atoms. The number of amides is 1. The van der Waals surface area contributed by atoms with Gasteiger partial charge in [-0.1, -0.05) is 36.4 Å². The van der Waals surface area contributed by atoms with Crippen molar-refractivity contribution in [1.29, 1.82) is 0 Å². The molecule has 0 unspecified atom stereocenters. The Kier molecular flexibility index (Phi) is 4.63. The highest BCUT2D eigenvalue weighted by molar-refractivity contribution is 7.99. The van der Waals surface area contributed by atoms with Gasteiger partial charge in [0.2, 0.25) is 0 Å². The number of carbonyl (C=O) groups is 1. The van der Waals surface area contributed by atoms with Crippen molar-refractivity contribution in [3.05, 3.63) is 66.0 Å². The molecule has 2 aromatic rings. The smallest absolute Gasteiger partial charge is 0.261 e. The molecule has 22 heavy (non-hydrogen) atoms. The molecule has 1 amide bonds. The number of hydrogen-bond acceptors (Lipinski definition) is 3. The van der Waals surface area contributed by atoms with Crippen molar-refractivity contribution < 1.29 is 13.9 Å². The van der Waals surface area contributed by atoms with Gasteiger partial charge in [-0.05, 0) is 18.2 Å². The van der Waals surface area contributed by atoms with Crippen LogP contribution in [0.4, 0.5) is 4.39 Å². The van der Waals surface area contributed by atoms with Crippen LogP contribution in [0.2, 0.25) is 0 Å². The number of ether oxygens (including phenoxy) is 1. The molecule has 0 radical (unpaired) electrons. The summed E-state index contributed by atoms with van der Waals surface area (Å²) in [6.07, 6.45) is 0. The third kappa shape index (κ3) is 3.25. The van der Waals surface area contributed by atoms with Crippen LogP contribution in [0.5, 0.6) is 5.75 Å². The second-order valence-corrected chi connectivity index (χ2v) is 6.12. The minimum atomic E-state index is -0.274. The lowest BCUT2D eigenvalue weighted by Gasteiger charge is -2.24. The summed E-state index contributed by atoms with van der Waals surface area (Å²) in [5.74, 6) is 1.06. The van der Waals surface area contributed by atoms with Crippen molar-refractivity contribution in [1.82, 2.24) is 4.90 Å². The lowest BCUT2D eigenvalue weighted by Crippen LogP contribution is -2.34. The van der Waals surface area contributed by atoms with Crippen molar-refractivity contribution in [2.24, 2.45) is 0 Å². The molecule has 0 aromatic heterocycles. The second-order valence-electron chi connectivity index (χ2n) is 4.93. The maximum atomic E-state index is 13.9. The summed E-state index contributed by atoms with van der Waals surface area (Å²) in [7, 11) is 0. The predicted molar refractivity (Wildman–Crippen MR) is 85.2 cm³/mol. The van der Waals surface area contributed by atoms with Crippen LogP contribution in [0.15, 0.2) is 54.6 Å². The lowest BCUT2D eigenvalue weighted by molar-refractivity contribution is -0.133. The van der Waals surface area contributed by atoms with Crippen molar-refractivity contribution in [3.63, 3.8) is 0 Å². The van der Waals surface area contributed by atoms with Crippen LogP contribution in [0.1, 0.15) is 10.9 Å². The maximum absolute atomic E-state index is 13.9. The van der Waals surface area contributed by atoms with Gasteiger partial charge in [-0.3, -0.25) is 4.79 Å². The van der Waals surface area contributed by atoms with Gasteiger partial charge in [0, 0.05) is 17.9 Å². The molecule has 3 nitrogen and oxygen atoms in total. The number of benzene rings is 2. The molecule has 0 N–H and O–H groups in total. The standard InChI is InChI=1S/C17H16FNO2S/c18-15-9-5-4-8-14(15)17-19(10-11-22-17)16(20)12-21-13-6-2-1-3-7-13/h1-9,17H,10-12H2/t17-/m1/s1. The van der Waals surface area contributed by atoms with E-state index in [1.54, 1.807) is 47.0 Å². The quantitative estimate of drug-likeness (QED) is 0.864. The third-order valence-electron chi connectivity index (χ3n) is 3.49. The van der Waals surface area contributed by atoms with E-state index in [0.717, 1.165) is 5.75 Å². The fourth-order valence-corrected chi connectivity index (χ4v) is 3.70. The molecule has 0 saturated carbocycles. The molecule has 1 atom stereocenters. The largest absolute Gasteiger partial charge is 0.484 e. The van der Waals surface area contributed by atoms with Gasteiger partial charge in [-0.2, -0.15) is 0 Å². The highest BCUT2D eigenvalue weighted by atomic mass is 32.2. The topological polar surface area (TPSA) is 29.5 Å². The number of para-hydroxylation sites is 1. The van der Waals surface area contributed by atoms with Crippen molar-refractivity contribution in [3.8, 4) is 5.75 Å². The van der Waals surface area contributed by atoms with Gasteiger partial charge < -0.3 is 9.64 Å². The third-order valence-corrected chi connectivity index (χ3v) is 4.73. The normalized spacial score (nSPS) is 17.5. The first-order valence-electron chi connectivity index (χ1n) is 7.09. The number of carbonyl (C=O) groups excluding carboxylic acids is 1. The maximum Gasteiger partial charge on any atom is 0.261 e. The fourth-order valence-electron chi connectivity index (χ4n) is 2.40. The predicted octanol–water partition coefficient (Wildman–Crippen LogP) is 3.48. The molecular weight excluding hydrogens is 301 g/mol. The Bertz CT molecular complexity index is 650. The van der Waals surface area contributed by atoms with Gasteiger partial charge in [0.25, 0.3) is 5.91 Å². The van der Waals surface area contributed by atoms with E-state index in [1.807, 2.05) is 18.2 Å². The molecule has 2 aromatic carbocycles. The first-order chi connectivity index (χ1) is 10.8. The molecule has 1 aliphatic rings. The van der Waals surface area contributed by atoms with E-state index in [4.69, 9.17) is 4.74 Å². The van der Waals surface area contributed by atoms with Crippen LogP contribution in [-0.4, -0.2) is 29.7 Å². The van der Waals surface area contributed by atoms with Gasteiger partial charge in [0.15, 0.2) is 6.61 Å². The highest BCUT2D eigenvalue weighted by Crippen LogP contribution is 2.38. The summed E-state index contributed by atoms with van der Waals surface area (Å²) >= 11 is 1.58. The van der Waals surface area contributed by atoms with E-state index in [1.165, 1.54) is 6.07 Å². The molecular formula is C17H16FNO2S. The molecule has 1 fully saturated rings. The molecule has 1 heterocycles. The first-order valence-corrected chi connectivity index (χ1v) is 8.14. The summed E-state index contributed by atoms with van der Waals surface area (Å²) in [5, 5.41) is -0.270. The molecule has 114 valence electrons. The van der Waals surface area contributed by atoms with Gasteiger partial charge in [0.1, 0.15) is 16.9 Å². The molecule has 5 heteroatoms. The molecule has 3 rings (SSSR count). The van der Waals surface area contributed by atoms with E-state index in [9.17, 15) is 9.18 Å². The summed E-state index contributed by atoms with van der Waals surface area (Å²) in [4.78, 5) is 14.1. The Morgan fingerprint density at radius 1 is 1.18 bits per heavy atom. The average Bonchev–Trinajstić information content (AvgIpc) is 3.03. The number of nitrogens with zero attached hydrogens (tertiary/aromatic N) is 1. The van der Waals surface area contributed by atoms with Crippen molar-refractivity contribution >= 4 is 17.7 Å². The van der Waals surface area contributed by atoms with E-state index < -0.39 is 0 Å². The summed E-state index contributed by atoms with van der Waals surface area (Å²) < 4.78 is 19.4. The average molecular weight is 317 g/mol. The van der Waals surface area contributed by atoms with E-state index in [-0.39, 0.29) is 23.7 Å². The molecule has 0 aliphatic carbocycles. The first kappa shape index (κ1) is 14.9. The molecule has 0 bridgehead atoms. The second kappa shape index (κ2) is 6.83. The van der Waals surface area contributed by atoms with Crippen LogP contribution < -0.4 is 4.74 Å². The van der Waals surface area contributed by atoms with Crippen LogP contribution in [-0.2, 0) is 4.79 Å². The number of rotatable bonds is 4. The fraction of sp³-hybridized carbons (Fsp3) is 0.235. The molecule has 1 saturated heterocycles. The van der Waals surface area contributed by atoms with E-state index in [0.29, 0.717) is 17.9 Å². The number of hydrogen-bond donors (Lipinski definition) is 0. The van der Waals surface area contributed by atoms with Gasteiger partial charge in [-0.15, -0.1) is 11.8 Å². The Balaban J connectivity index is 1.68. The summed E-state index contributed by atoms with van der Waals surface area (Å²) in [6, 6.07) is 15.8. The number of thioether (sulfide) groups is 1. The van der Waals surface area contributed by atoms with Crippen LogP contribution in [0.25, 0.3) is 0 Å². The zero-order chi connectivity index (χ0) is 15.4. The minimum absolute atomic E-state index is 0.0322. The molecule has 1 aliphatic heterocycles. The van der Waals surface area contributed by atoms with Gasteiger partial charge in [-0.25, -0.2) is 4.39 Å². The minimum Gasteiger partial charge on any atom is -0.484 e. The van der Waals surface area contributed by atoms with Crippen molar-refractivity contribution in [2.45, 2.75) is 5.37 Å². The van der Waals surface area contributed by atoms with Crippen LogP contribution >= 0.6 is 11.8 Å². The zero-order valence-electron chi connectivity index (χ0n) is 11.9. The van der Waals surface area contributed by atoms with Gasteiger partial charge >= 0.3 is 0 Å². The van der Waals surface area contributed by atoms with E-state index >= 15 is 0 Å². The number of halogens is 1. The van der Waals surface area contributed by atoms with Crippen LogP contribution in [0.3, 0.4) is 0 Å². The van der Waals surface area contributed by atoms with Gasteiger partial charge in [0.05, 0.1) is 0 Å². The van der Waals surface area contributed by atoms with Crippen molar-refractivity contribution in [2.75, 3.05) is 18.9 Å². The monoisotopic (exact) mass is 317 g/mol. The zero-order valence-corrected chi connectivity index (χ0v) is 12.8. The SMILES string of the molecule is O=C(COc1ccccc1)N1CCS[C@@H]1c1ccccc1F. The Labute approximate surface area is 133 Å². The summed E-state index contributed by atoms with van der Waals surface area (Å²) in [6.45, 7) is 0.580. The Morgan fingerprint density at radius 3 is 2.68 bits per heavy atom. The Morgan fingerprint density at radius 2 is 1.91 bits per heavy atom. The Hall–Kier alpha value is -2.01. The summed E-state index contributed by atoms with van der Waals surface area (Å²) in [5.41, 5.74) is 0.554. The van der Waals surface area contributed by atoms with Crippen LogP contribution in [0, 0.1) is 5.82 Å². The highest BCUT2D eigenvalue weighted by Gasteiger charge is 2.32.